The third-order valence-electron chi connectivity index (χ3n) is 3.48. The summed E-state index contributed by atoms with van der Waals surface area (Å²) in [5, 5.41) is 8.11. The monoisotopic (exact) mass is 363 g/mol. The molecule has 2 aromatic rings. The number of halogens is 4. The number of aromatic nitrogens is 4. The molecule has 2 aromatic heterocycles. The summed E-state index contributed by atoms with van der Waals surface area (Å²) in [6.45, 7) is 3.89. The van der Waals surface area contributed by atoms with Crippen molar-refractivity contribution in [3.8, 4) is 0 Å². The molecule has 1 amide bonds. The average molecular weight is 364 g/mol. The Morgan fingerprint density at radius 1 is 1.38 bits per heavy atom. The Labute approximate surface area is 141 Å². The van der Waals surface area contributed by atoms with Crippen LogP contribution < -0.4 is 0 Å². The Kier molecular flexibility index (Phi) is 5.22. The van der Waals surface area contributed by atoms with Crippen molar-refractivity contribution >= 4 is 17.5 Å². The van der Waals surface area contributed by atoms with Crippen molar-refractivity contribution in [3.05, 3.63) is 34.4 Å². The molecule has 0 spiro atoms. The van der Waals surface area contributed by atoms with E-state index in [1.807, 2.05) is 6.92 Å². The first-order valence-electron chi connectivity index (χ1n) is 7.19. The quantitative estimate of drug-likeness (QED) is 0.820. The number of likely N-dealkylation sites (N-methyl/N-ethyl adjacent to an activating group) is 1. The van der Waals surface area contributed by atoms with E-state index in [1.165, 1.54) is 18.9 Å². The van der Waals surface area contributed by atoms with Crippen molar-refractivity contribution in [1.29, 1.82) is 0 Å². The first-order valence-corrected chi connectivity index (χ1v) is 7.57. The third-order valence-corrected chi connectivity index (χ3v) is 3.80. The number of amides is 1. The maximum Gasteiger partial charge on any atom is 0.435 e. The van der Waals surface area contributed by atoms with Crippen LogP contribution in [0.25, 0.3) is 0 Å². The van der Waals surface area contributed by atoms with E-state index in [1.54, 1.807) is 10.9 Å². The van der Waals surface area contributed by atoms with E-state index in [0.717, 1.165) is 10.7 Å². The largest absolute Gasteiger partial charge is 0.435 e. The van der Waals surface area contributed by atoms with Crippen LogP contribution in [-0.4, -0.2) is 37.4 Å². The van der Waals surface area contributed by atoms with Gasteiger partial charge in [0, 0.05) is 25.5 Å². The van der Waals surface area contributed by atoms with Crippen molar-refractivity contribution in [1.82, 2.24) is 24.5 Å². The fourth-order valence-corrected chi connectivity index (χ4v) is 2.29. The number of rotatable bonds is 5. The molecule has 0 aliphatic rings. The van der Waals surface area contributed by atoms with Gasteiger partial charge in [-0.1, -0.05) is 11.6 Å². The molecule has 6 nitrogen and oxygen atoms in total. The molecule has 0 aliphatic heterocycles. The molecule has 2 heterocycles. The summed E-state index contributed by atoms with van der Waals surface area (Å²) in [6.07, 6.45) is -2.88. The van der Waals surface area contributed by atoms with Gasteiger partial charge in [-0.05, 0) is 19.9 Å². The van der Waals surface area contributed by atoms with Gasteiger partial charge in [0.15, 0.2) is 5.69 Å². The summed E-state index contributed by atoms with van der Waals surface area (Å²) in [6, 6.07) is 0.910. The Balaban J connectivity index is 2.06. The molecule has 0 aromatic carbocycles. The van der Waals surface area contributed by atoms with Crippen LogP contribution in [0.5, 0.6) is 0 Å². The number of hydrogen-bond donors (Lipinski definition) is 0. The van der Waals surface area contributed by atoms with Crippen molar-refractivity contribution in [2.75, 3.05) is 7.05 Å². The number of carbonyl (C=O) groups excluding carboxylic acids is 1. The smallest absolute Gasteiger partial charge is 0.338 e. The second-order valence-electron chi connectivity index (χ2n) is 5.36. The van der Waals surface area contributed by atoms with E-state index < -0.39 is 17.8 Å². The fraction of sp³-hybridized carbons (Fsp3) is 0.500. The first-order chi connectivity index (χ1) is 11.1. The van der Waals surface area contributed by atoms with Gasteiger partial charge in [-0.25, -0.2) is 0 Å². The molecular weight excluding hydrogens is 347 g/mol. The van der Waals surface area contributed by atoms with E-state index in [2.05, 4.69) is 10.2 Å². The molecule has 0 N–H and O–H groups in total. The van der Waals surface area contributed by atoms with Gasteiger partial charge < -0.3 is 4.90 Å². The van der Waals surface area contributed by atoms with Crippen LogP contribution in [0.1, 0.15) is 24.0 Å². The summed E-state index contributed by atoms with van der Waals surface area (Å²) in [5.41, 5.74) is -0.222. The van der Waals surface area contributed by atoms with Crippen LogP contribution in [0.4, 0.5) is 13.2 Å². The maximum atomic E-state index is 12.6. The highest BCUT2D eigenvalue weighted by Gasteiger charge is 2.34. The summed E-state index contributed by atoms with van der Waals surface area (Å²) < 4.78 is 40.6. The van der Waals surface area contributed by atoms with Crippen LogP contribution in [-0.2, 0) is 30.6 Å². The zero-order valence-electron chi connectivity index (χ0n) is 13.4. The maximum absolute atomic E-state index is 12.6. The van der Waals surface area contributed by atoms with Gasteiger partial charge in [0.2, 0.25) is 5.91 Å². The molecule has 132 valence electrons. The van der Waals surface area contributed by atoms with Gasteiger partial charge in [-0.15, -0.1) is 0 Å². The van der Waals surface area contributed by atoms with Crippen molar-refractivity contribution in [2.24, 2.45) is 0 Å². The second kappa shape index (κ2) is 6.84. The number of alkyl halides is 3. The Bertz CT molecular complexity index is 737. The van der Waals surface area contributed by atoms with Crippen molar-refractivity contribution < 1.29 is 18.0 Å². The number of aryl methyl sites for hydroxylation is 2. The highest BCUT2D eigenvalue weighted by Crippen LogP contribution is 2.28. The van der Waals surface area contributed by atoms with Gasteiger partial charge in [0.05, 0.1) is 11.6 Å². The lowest BCUT2D eigenvalue weighted by molar-refractivity contribution is -0.142. The van der Waals surface area contributed by atoms with E-state index in [0.29, 0.717) is 17.3 Å². The lowest BCUT2D eigenvalue weighted by Gasteiger charge is -2.16. The topological polar surface area (TPSA) is 56.0 Å². The molecule has 10 heteroatoms. The summed E-state index contributed by atoms with van der Waals surface area (Å²) >= 11 is 6.05. The summed E-state index contributed by atoms with van der Waals surface area (Å²) in [7, 11) is 1.53. The normalized spacial score (nSPS) is 11.8. The second-order valence-corrected chi connectivity index (χ2v) is 5.76. The minimum absolute atomic E-state index is 0.164. The van der Waals surface area contributed by atoms with Crippen molar-refractivity contribution in [2.45, 2.75) is 39.7 Å². The molecular formula is C14H17ClF3N5O. The lowest BCUT2D eigenvalue weighted by Crippen LogP contribution is -2.30. The number of hydrogen-bond acceptors (Lipinski definition) is 3. The minimum atomic E-state index is -4.54. The fourth-order valence-electron chi connectivity index (χ4n) is 2.08. The van der Waals surface area contributed by atoms with E-state index >= 15 is 0 Å². The minimum Gasteiger partial charge on any atom is -0.338 e. The third kappa shape index (κ3) is 4.08. The van der Waals surface area contributed by atoms with Gasteiger partial charge in [-0.2, -0.15) is 23.4 Å². The predicted octanol–water partition coefficient (Wildman–Crippen LogP) is 2.74. The molecule has 0 aliphatic carbocycles. The van der Waals surface area contributed by atoms with Gasteiger partial charge in [0.1, 0.15) is 12.2 Å². The predicted molar refractivity (Wildman–Crippen MR) is 81.4 cm³/mol. The molecule has 24 heavy (non-hydrogen) atoms. The molecule has 0 saturated heterocycles. The zero-order chi connectivity index (χ0) is 18.1. The Hall–Kier alpha value is -2.03. The standard InChI is InChI=1S/C14H17ClF3N5O/c1-4-22-6-10(15)11(19-22)7-21(3)13(24)8-23-9(2)5-12(20-23)14(16,17)18/h5-6H,4,7-8H2,1-3H3. The van der Waals surface area contributed by atoms with Gasteiger partial charge in [-0.3, -0.25) is 14.2 Å². The molecule has 0 unspecified atom stereocenters. The van der Waals surface area contributed by atoms with Gasteiger partial charge >= 0.3 is 6.18 Å². The highest BCUT2D eigenvalue weighted by atomic mass is 35.5. The lowest BCUT2D eigenvalue weighted by atomic mass is 10.3. The average Bonchev–Trinajstić information content (AvgIpc) is 3.02. The van der Waals surface area contributed by atoms with Crippen LogP contribution in [0, 0.1) is 6.92 Å². The number of nitrogens with zero attached hydrogens (tertiary/aromatic N) is 5. The molecule has 0 fully saturated rings. The molecule has 0 atom stereocenters. The van der Waals surface area contributed by atoms with E-state index in [9.17, 15) is 18.0 Å². The Morgan fingerprint density at radius 3 is 2.54 bits per heavy atom. The zero-order valence-corrected chi connectivity index (χ0v) is 14.2. The van der Waals surface area contributed by atoms with Crippen LogP contribution in [0.15, 0.2) is 12.3 Å². The molecule has 0 bridgehead atoms. The molecule has 0 saturated carbocycles. The van der Waals surface area contributed by atoms with Crippen LogP contribution in [0.2, 0.25) is 5.02 Å². The van der Waals surface area contributed by atoms with Crippen LogP contribution >= 0.6 is 11.6 Å². The SMILES string of the molecule is CCn1cc(Cl)c(CN(C)C(=O)Cn2nc(C(F)(F)F)cc2C)n1. The first kappa shape index (κ1) is 18.3. The van der Waals surface area contributed by atoms with Gasteiger partial charge in [0.25, 0.3) is 0 Å². The summed E-state index contributed by atoms with van der Waals surface area (Å²) in [5.74, 6) is -0.392. The Morgan fingerprint density at radius 2 is 2.04 bits per heavy atom. The summed E-state index contributed by atoms with van der Waals surface area (Å²) in [4.78, 5) is 13.6. The van der Waals surface area contributed by atoms with E-state index in [4.69, 9.17) is 11.6 Å². The highest BCUT2D eigenvalue weighted by molar-refractivity contribution is 6.31. The van der Waals surface area contributed by atoms with Crippen LogP contribution in [0.3, 0.4) is 0 Å². The van der Waals surface area contributed by atoms with Crippen molar-refractivity contribution in [3.63, 3.8) is 0 Å². The van der Waals surface area contributed by atoms with E-state index in [-0.39, 0.29) is 18.8 Å². The molecule has 0 radical (unpaired) electrons. The molecule has 2 rings (SSSR count). The number of carbonyl (C=O) groups is 1.